The van der Waals surface area contributed by atoms with Gasteiger partial charge in [-0.1, -0.05) is 41.5 Å². The van der Waals surface area contributed by atoms with Crippen molar-refractivity contribution in [2.75, 3.05) is 19.8 Å². The Bertz CT molecular complexity index is 805. The molecule has 0 rings (SSSR count). The highest BCUT2D eigenvalue weighted by Crippen LogP contribution is 2.53. The van der Waals surface area contributed by atoms with Gasteiger partial charge in [0.1, 0.15) is 5.60 Å². The number of aliphatic hydroxyl groups is 1. The third-order valence-corrected chi connectivity index (χ3v) is 11.6. The minimum Gasteiger partial charge on any atom is -0.458 e. The van der Waals surface area contributed by atoms with Crippen molar-refractivity contribution in [2.24, 2.45) is 5.41 Å². The Morgan fingerprint density at radius 2 is 1.35 bits per heavy atom. The van der Waals surface area contributed by atoms with Crippen molar-refractivity contribution in [3.8, 4) is 0 Å². The molecule has 37 heavy (non-hydrogen) atoms. The molecule has 0 fully saturated rings. The predicted molar refractivity (Wildman–Crippen MR) is 147 cm³/mol. The monoisotopic (exact) mass is 569 g/mol. The van der Waals surface area contributed by atoms with Gasteiger partial charge >= 0.3 is 13.8 Å². The lowest BCUT2D eigenvalue weighted by Crippen LogP contribution is -2.50. The summed E-state index contributed by atoms with van der Waals surface area (Å²) in [4.78, 5) is 25.5. The van der Waals surface area contributed by atoms with E-state index in [0.717, 1.165) is 0 Å². The van der Waals surface area contributed by atoms with Crippen molar-refractivity contribution in [3.05, 3.63) is 0 Å². The van der Waals surface area contributed by atoms with Gasteiger partial charge in [-0.2, -0.15) is 0 Å². The molecule has 1 unspecified atom stereocenters. The minimum atomic E-state index is -4.28. The number of carbonyl (C=O) groups excluding carboxylic acids is 2. The molecule has 0 aromatic rings. The van der Waals surface area contributed by atoms with Gasteiger partial charge in [0.15, 0.2) is 14.4 Å². The number of esters is 1. The average Bonchev–Trinajstić information content (AvgIpc) is 2.63. The molecule has 0 radical (unpaired) electrons. The van der Waals surface area contributed by atoms with Crippen LogP contribution in [0.4, 0.5) is 0 Å². The number of phosphoric acid groups is 1. The first-order valence-electron chi connectivity index (χ1n) is 12.6. The second-order valence-electron chi connectivity index (χ2n) is 13.7. The SMILES string of the molecule is CC(C)(C)OC(=O)[C@H](COP(=O)(OC[C@@H](CO)O[Si](C)(C)C(C)(C)C)OC(C)(C)C)NC(=O)C(C)(C)C. The molecule has 0 spiro atoms. The zero-order valence-electron chi connectivity index (χ0n) is 25.4. The molecule has 0 aliphatic rings. The predicted octanol–water partition coefficient (Wildman–Crippen LogP) is 5.20. The molecule has 0 aliphatic heterocycles. The third kappa shape index (κ3) is 14.2. The second kappa shape index (κ2) is 13.0. The molecule has 2 N–H and O–H groups in total. The van der Waals surface area contributed by atoms with Gasteiger partial charge in [0.25, 0.3) is 0 Å². The number of phosphoric ester groups is 1. The Kier molecular flexibility index (Phi) is 12.7. The van der Waals surface area contributed by atoms with Gasteiger partial charge in [0.05, 0.1) is 31.5 Å². The smallest absolute Gasteiger partial charge is 0.458 e. The van der Waals surface area contributed by atoms with Gasteiger partial charge in [-0.15, -0.1) is 0 Å². The van der Waals surface area contributed by atoms with Crippen molar-refractivity contribution in [1.29, 1.82) is 0 Å². The lowest BCUT2D eigenvalue weighted by molar-refractivity contribution is -0.160. The van der Waals surface area contributed by atoms with E-state index in [2.05, 4.69) is 26.1 Å². The Hall–Kier alpha value is -0.813. The molecule has 0 saturated heterocycles. The van der Waals surface area contributed by atoms with Gasteiger partial charge in [-0.25, -0.2) is 9.36 Å². The molecule has 0 heterocycles. The van der Waals surface area contributed by atoms with Gasteiger partial charge in [0.2, 0.25) is 5.91 Å². The van der Waals surface area contributed by atoms with Crippen molar-refractivity contribution in [3.63, 3.8) is 0 Å². The molecule has 0 aromatic heterocycles. The summed E-state index contributed by atoms with van der Waals surface area (Å²) in [6.45, 7) is 24.3. The molecule has 0 saturated carbocycles. The lowest BCUT2D eigenvalue weighted by atomic mass is 9.95. The van der Waals surface area contributed by atoms with Crippen LogP contribution in [-0.2, 0) is 36.9 Å². The maximum atomic E-state index is 13.6. The highest BCUT2D eigenvalue weighted by Gasteiger charge is 2.41. The van der Waals surface area contributed by atoms with Crippen molar-refractivity contribution in [2.45, 2.75) is 125 Å². The summed E-state index contributed by atoms with van der Waals surface area (Å²) in [5.41, 5.74) is -2.54. The number of nitrogens with one attached hydrogen (secondary N) is 1. The highest BCUT2D eigenvalue weighted by atomic mass is 31.2. The number of carbonyl (C=O) groups is 2. The first-order valence-corrected chi connectivity index (χ1v) is 17.0. The third-order valence-electron chi connectivity index (χ3n) is 5.35. The summed E-state index contributed by atoms with van der Waals surface area (Å²) in [6, 6.07) is -1.26. The Labute approximate surface area is 225 Å². The Morgan fingerprint density at radius 1 is 0.865 bits per heavy atom. The molecular weight excluding hydrogens is 517 g/mol. The Morgan fingerprint density at radius 3 is 1.73 bits per heavy atom. The summed E-state index contributed by atoms with van der Waals surface area (Å²) in [5, 5.41) is 12.4. The first-order chi connectivity index (χ1) is 16.2. The van der Waals surface area contributed by atoms with Gasteiger partial charge in [-0.05, 0) is 59.7 Å². The fraction of sp³-hybridized carbons (Fsp3) is 0.920. The van der Waals surface area contributed by atoms with E-state index in [9.17, 15) is 19.3 Å². The van der Waals surface area contributed by atoms with Crippen LogP contribution < -0.4 is 5.32 Å². The molecule has 220 valence electrons. The van der Waals surface area contributed by atoms with E-state index in [1.165, 1.54) is 0 Å². The van der Waals surface area contributed by atoms with Crippen LogP contribution in [0.2, 0.25) is 18.1 Å². The summed E-state index contributed by atoms with van der Waals surface area (Å²) < 4.78 is 42.1. The first kappa shape index (κ1) is 36.2. The van der Waals surface area contributed by atoms with E-state index in [1.54, 1.807) is 62.3 Å². The number of rotatable bonds is 12. The van der Waals surface area contributed by atoms with E-state index < -0.39 is 63.4 Å². The largest absolute Gasteiger partial charge is 0.475 e. The Balaban J connectivity index is 5.82. The van der Waals surface area contributed by atoms with E-state index in [-0.39, 0.29) is 18.3 Å². The highest BCUT2D eigenvalue weighted by molar-refractivity contribution is 7.48. The fourth-order valence-corrected chi connectivity index (χ4v) is 5.26. The van der Waals surface area contributed by atoms with Crippen LogP contribution >= 0.6 is 7.82 Å². The normalized spacial score (nSPS) is 17.1. The zero-order chi connectivity index (χ0) is 29.7. The van der Waals surface area contributed by atoms with E-state index >= 15 is 0 Å². The van der Waals surface area contributed by atoms with Crippen molar-refractivity contribution in [1.82, 2.24) is 5.32 Å². The summed E-state index contributed by atoms with van der Waals surface area (Å²) in [7, 11) is -6.54. The number of aliphatic hydroxyl groups excluding tert-OH is 1. The van der Waals surface area contributed by atoms with E-state index in [4.69, 9.17) is 22.7 Å². The number of amides is 1. The zero-order valence-corrected chi connectivity index (χ0v) is 27.3. The molecule has 12 heteroatoms. The van der Waals surface area contributed by atoms with Gasteiger partial charge in [0, 0.05) is 5.41 Å². The molecule has 10 nitrogen and oxygen atoms in total. The molecular formula is C25H52NO9PSi. The quantitative estimate of drug-likeness (QED) is 0.185. The summed E-state index contributed by atoms with van der Waals surface area (Å²) in [5.74, 6) is -1.16. The fourth-order valence-electron chi connectivity index (χ4n) is 2.40. The van der Waals surface area contributed by atoms with Crippen LogP contribution in [0.25, 0.3) is 0 Å². The average molecular weight is 570 g/mol. The van der Waals surface area contributed by atoms with Crippen LogP contribution in [0.5, 0.6) is 0 Å². The lowest BCUT2D eigenvalue weighted by Gasteiger charge is -2.39. The van der Waals surface area contributed by atoms with E-state index in [0.29, 0.717) is 0 Å². The number of ether oxygens (including phenoxy) is 1. The minimum absolute atomic E-state index is 0.117. The standard InChI is InChI=1S/C25H52NO9PSi/c1-22(2,3)21(29)26-19(20(28)33-23(4,5)6)17-32-36(30,35-24(7,8)9)31-16-18(15-27)34-37(13,14)25(10,11)12/h18-19,27H,15-17H2,1-14H3,(H,26,29)/t18-,19+,36?/m1/s1. The van der Waals surface area contributed by atoms with Crippen LogP contribution in [0, 0.1) is 5.41 Å². The summed E-state index contributed by atoms with van der Waals surface area (Å²) >= 11 is 0. The number of hydrogen-bond acceptors (Lipinski definition) is 9. The molecule has 0 aliphatic carbocycles. The number of hydrogen-bond donors (Lipinski definition) is 2. The molecule has 0 bridgehead atoms. The van der Waals surface area contributed by atoms with Crippen LogP contribution in [0.15, 0.2) is 0 Å². The van der Waals surface area contributed by atoms with Crippen LogP contribution in [-0.4, -0.2) is 68.5 Å². The maximum absolute atomic E-state index is 13.6. The van der Waals surface area contributed by atoms with Gasteiger partial charge < -0.3 is 19.6 Å². The summed E-state index contributed by atoms with van der Waals surface area (Å²) in [6.07, 6.45) is -0.761. The molecule has 0 aromatic carbocycles. The molecule has 1 amide bonds. The van der Waals surface area contributed by atoms with Crippen LogP contribution in [0.1, 0.15) is 83.1 Å². The van der Waals surface area contributed by atoms with Gasteiger partial charge in [-0.3, -0.25) is 18.4 Å². The van der Waals surface area contributed by atoms with Crippen molar-refractivity contribution < 1.29 is 42.0 Å². The second-order valence-corrected chi connectivity index (χ2v) is 20.1. The van der Waals surface area contributed by atoms with E-state index in [1.807, 2.05) is 13.1 Å². The maximum Gasteiger partial charge on any atom is 0.475 e. The van der Waals surface area contributed by atoms with Crippen LogP contribution in [0.3, 0.4) is 0 Å². The molecule has 3 atom stereocenters. The van der Waals surface area contributed by atoms with Crippen molar-refractivity contribution >= 4 is 28.0 Å². The topological polar surface area (TPSA) is 130 Å².